The molecule has 0 unspecified atom stereocenters. The van der Waals surface area contributed by atoms with E-state index in [1.165, 1.54) is 11.0 Å². The van der Waals surface area contributed by atoms with Crippen LogP contribution in [0.25, 0.3) is 0 Å². The van der Waals surface area contributed by atoms with Gasteiger partial charge in [0.2, 0.25) is 11.7 Å². The minimum atomic E-state index is -0.980. The van der Waals surface area contributed by atoms with Crippen LogP contribution in [0.4, 0.5) is 16.3 Å². The molecule has 0 atom stereocenters. The summed E-state index contributed by atoms with van der Waals surface area (Å²) in [5, 5.41) is 20.4. The number of anilines is 1. The summed E-state index contributed by atoms with van der Waals surface area (Å²) in [5.41, 5.74) is 0.243. The molecule has 3 heterocycles. The quantitative estimate of drug-likeness (QED) is 0.649. The van der Waals surface area contributed by atoms with Crippen LogP contribution in [0.5, 0.6) is 5.88 Å². The molecule has 1 amide bonds. The Labute approximate surface area is 132 Å². The van der Waals surface area contributed by atoms with E-state index in [0.717, 1.165) is 5.56 Å². The molecule has 9 nitrogen and oxygen atoms in total. The minimum Gasteiger partial charge on any atom is -0.471 e. The Morgan fingerprint density at radius 1 is 1.39 bits per heavy atom. The second-order valence-electron chi connectivity index (χ2n) is 6.35. The summed E-state index contributed by atoms with van der Waals surface area (Å²) >= 11 is 0. The summed E-state index contributed by atoms with van der Waals surface area (Å²) in [6.07, 6.45) is -0.408. The maximum Gasteiger partial charge on any atom is 0.407 e. The van der Waals surface area contributed by atoms with Crippen LogP contribution in [-0.4, -0.2) is 57.8 Å². The van der Waals surface area contributed by atoms with Crippen molar-refractivity contribution in [2.24, 2.45) is 0 Å². The molecule has 0 aromatic carbocycles. The van der Waals surface area contributed by atoms with Crippen molar-refractivity contribution in [1.82, 2.24) is 9.88 Å². The second kappa shape index (κ2) is 5.25. The summed E-state index contributed by atoms with van der Waals surface area (Å²) in [6, 6.07) is 1.52. The smallest absolute Gasteiger partial charge is 0.407 e. The Kier molecular flexibility index (Phi) is 3.50. The van der Waals surface area contributed by atoms with Crippen LogP contribution in [0.3, 0.4) is 0 Å². The fourth-order valence-electron chi connectivity index (χ4n) is 2.96. The van der Waals surface area contributed by atoms with Crippen molar-refractivity contribution in [2.45, 2.75) is 25.9 Å². The Bertz CT molecular complexity index is 667. The van der Waals surface area contributed by atoms with Gasteiger partial charge in [0, 0.05) is 44.2 Å². The topological polar surface area (TPSA) is 109 Å². The predicted molar refractivity (Wildman–Crippen MR) is 81.1 cm³/mol. The van der Waals surface area contributed by atoms with Gasteiger partial charge in [-0.15, -0.1) is 0 Å². The number of nitrogens with zero attached hydrogens (tertiary/aromatic N) is 4. The van der Waals surface area contributed by atoms with E-state index in [1.807, 2.05) is 13.8 Å². The van der Waals surface area contributed by atoms with Gasteiger partial charge in [0.05, 0.1) is 4.92 Å². The molecule has 1 fully saturated rings. The number of piperazine rings is 1. The highest BCUT2D eigenvalue weighted by Gasteiger charge is 2.36. The van der Waals surface area contributed by atoms with E-state index in [2.05, 4.69) is 4.98 Å². The van der Waals surface area contributed by atoms with E-state index < -0.39 is 16.6 Å². The number of pyridine rings is 1. The summed E-state index contributed by atoms with van der Waals surface area (Å²) in [7, 11) is 0. The number of ether oxygens (including phenoxy) is 1. The minimum absolute atomic E-state index is 0.0613. The number of hydrogen-bond acceptors (Lipinski definition) is 6. The zero-order valence-corrected chi connectivity index (χ0v) is 13.0. The van der Waals surface area contributed by atoms with Gasteiger partial charge in [-0.05, 0) is 13.8 Å². The Balaban J connectivity index is 1.91. The molecule has 2 aliphatic heterocycles. The number of carbonyl (C=O) groups is 1. The molecule has 0 bridgehead atoms. The lowest BCUT2D eigenvalue weighted by atomic mass is 10.0. The van der Waals surface area contributed by atoms with Crippen LogP contribution in [-0.2, 0) is 6.42 Å². The van der Waals surface area contributed by atoms with Crippen LogP contribution in [0.1, 0.15) is 19.4 Å². The third-order valence-electron chi connectivity index (χ3n) is 4.06. The molecule has 124 valence electrons. The zero-order valence-electron chi connectivity index (χ0n) is 13.0. The Morgan fingerprint density at radius 2 is 2.04 bits per heavy atom. The molecule has 0 radical (unpaired) electrons. The first-order valence-electron chi connectivity index (χ1n) is 7.37. The number of carboxylic acid groups (broad SMARTS) is 1. The van der Waals surface area contributed by atoms with Crippen LogP contribution in [0.2, 0.25) is 0 Å². The maximum absolute atomic E-state index is 11.4. The average Bonchev–Trinajstić information content (AvgIpc) is 2.78. The molecule has 1 aromatic rings. The Hall–Kier alpha value is -2.58. The first kappa shape index (κ1) is 15.3. The number of aromatic nitrogens is 1. The first-order chi connectivity index (χ1) is 10.8. The molecule has 1 N–H and O–H groups in total. The molecule has 2 aliphatic rings. The van der Waals surface area contributed by atoms with Crippen molar-refractivity contribution in [3.63, 3.8) is 0 Å². The van der Waals surface area contributed by atoms with Crippen LogP contribution >= 0.6 is 0 Å². The lowest BCUT2D eigenvalue weighted by Gasteiger charge is -2.33. The molecule has 9 heteroatoms. The van der Waals surface area contributed by atoms with E-state index in [1.54, 1.807) is 4.90 Å². The Morgan fingerprint density at radius 3 is 2.61 bits per heavy atom. The van der Waals surface area contributed by atoms with E-state index in [0.29, 0.717) is 25.4 Å². The van der Waals surface area contributed by atoms with Crippen molar-refractivity contribution in [3.05, 3.63) is 21.7 Å². The molecule has 0 spiro atoms. The van der Waals surface area contributed by atoms with E-state index >= 15 is 0 Å². The third-order valence-corrected chi connectivity index (χ3v) is 4.06. The molecule has 1 saturated heterocycles. The van der Waals surface area contributed by atoms with E-state index in [9.17, 15) is 14.9 Å². The summed E-state index contributed by atoms with van der Waals surface area (Å²) in [5.74, 6) is 0.674. The lowest BCUT2D eigenvalue weighted by Crippen LogP contribution is -2.48. The molecular formula is C14H18N4O5. The third kappa shape index (κ3) is 2.86. The lowest BCUT2D eigenvalue weighted by molar-refractivity contribution is -0.384. The fourth-order valence-corrected chi connectivity index (χ4v) is 2.96. The highest BCUT2D eigenvalue weighted by atomic mass is 16.6. The van der Waals surface area contributed by atoms with Crippen molar-refractivity contribution in [3.8, 4) is 5.88 Å². The highest BCUT2D eigenvalue weighted by Crippen LogP contribution is 2.39. The van der Waals surface area contributed by atoms with E-state index in [-0.39, 0.29) is 24.6 Å². The molecule has 3 rings (SSSR count). The van der Waals surface area contributed by atoms with Gasteiger partial charge in [-0.2, -0.15) is 4.98 Å². The largest absolute Gasteiger partial charge is 0.471 e. The summed E-state index contributed by atoms with van der Waals surface area (Å²) in [6.45, 7) is 5.12. The summed E-state index contributed by atoms with van der Waals surface area (Å²) in [4.78, 5) is 29.3. The molecule has 0 saturated carbocycles. The second-order valence-corrected chi connectivity index (χ2v) is 6.35. The maximum atomic E-state index is 11.4. The van der Waals surface area contributed by atoms with Gasteiger partial charge in [0.1, 0.15) is 5.60 Å². The SMILES string of the molecule is CC1(C)Cc2cc([N+](=O)[O-])c(N3CCN(C(=O)O)CC3)nc2O1. The van der Waals surface area contributed by atoms with Crippen molar-refractivity contribution < 1.29 is 19.6 Å². The first-order valence-corrected chi connectivity index (χ1v) is 7.37. The standard InChI is InChI=1S/C14H18N4O5/c1-14(2)8-9-7-10(18(21)22)11(15-12(9)23-14)16-3-5-17(6-4-16)13(19)20/h7H,3-6,8H2,1-2H3,(H,19,20). The van der Waals surface area contributed by atoms with Gasteiger partial charge in [-0.3, -0.25) is 10.1 Å². The van der Waals surface area contributed by atoms with Gasteiger partial charge in [0.25, 0.3) is 0 Å². The van der Waals surface area contributed by atoms with Gasteiger partial charge in [0.15, 0.2) is 0 Å². The van der Waals surface area contributed by atoms with Crippen molar-refractivity contribution >= 4 is 17.6 Å². The number of amides is 1. The monoisotopic (exact) mass is 322 g/mol. The number of nitro groups is 1. The highest BCUT2D eigenvalue weighted by molar-refractivity contribution is 5.66. The fraction of sp³-hybridized carbons (Fsp3) is 0.571. The number of rotatable bonds is 2. The van der Waals surface area contributed by atoms with Gasteiger partial charge < -0.3 is 19.6 Å². The number of hydrogen-bond donors (Lipinski definition) is 1. The van der Waals surface area contributed by atoms with Gasteiger partial charge >= 0.3 is 11.8 Å². The molecule has 23 heavy (non-hydrogen) atoms. The molecule has 0 aliphatic carbocycles. The number of fused-ring (bicyclic) bond motifs is 1. The van der Waals surface area contributed by atoms with Crippen molar-refractivity contribution in [2.75, 3.05) is 31.1 Å². The summed E-state index contributed by atoms with van der Waals surface area (Å²) < 4.78 is 5.75. The normalized spacial score (nSPS) is 19.2. The van der Waals surface area contributed by atoms with Crippen molar-refractivity contribution in [1.29, 1.82) is 0 Å². The van der Waals surface area contributed by atoms with Gasteiger partial charge in [-0.1, -0.05) is 0 Å². The van der Waals surface area contributed by atoms with Crippen LogP contribution < -0.4 is 9.64 Å². The van der Waals surface area contributed by atoms with Crippen LogP contribution in [0.15, 0.2) is 6.07 Å². The van der Waals surface area contributed by atoms with Crippen LogP contribution in [0, 0.1) is 10.1 Å². The molecule has 1 aromatic heterocycles. The predicted octanol–water partition coefficient (Wildman–Crippen LogP) is 1.50. The van der Waals surface area contributed by atoms with E-state index in [4.69, 9.17) is 9.84 Å². The van der Waals surface area contributed by atoms with Gasteiger partial charge in [-0.25, -0.2) is 4.79 Å². The average molecular weight is 322 g/mol. The molecular weight excluding hydrogens is 304 g/mol. The zero-order chi connectivity index (χ0) is 16.8.